The number of benzene rings is 2. The predicted octanol–water partition coefficient (Wildman–Crippen LogP) is 4.22. The highest BCUT2D eigenvalue weighted by atomic mass is 35.5. The molecule has 1 saturated heterocycles. The van der Waals surface area contributed by atoms with Crippen LogP contribution >= 0.6 is 12.4 Å². The standard InChI is InChI=1S/C27H36N2O4.ClH/c1-31-13-6-14-33-26-16-21(9-12-25(26)32-2)27(30)29(24-10-11-24)19-23-18-28-17-22(23)15-20-7-4-3-5-8-20;/h3-5,7-9,12,16,22-24,28H,6,10-11,13-15,17-19H2,1-2H3;1H/t22-,23+;/m0./s1. The minimum Gasteiger partial charge on any atom is -0.493 e. The quantitative estimate of drug-likeness (QED) is 0.453. The molecule has 2 aromatic rings. The molecule has 0 radical (unpaired) electrons. The van der Waals surface area contributed by atoms with Crippen LogP contribution in [0.25, 0.3) is 0 Å². The van der Waals surface area contributed by atoms with Crippen molar-refractivity contribution >= 4 is 18.3 Å². The maximum atomic E-state index is 13.6. The first-order chi connectivity index (χ1) is 16.2. The van der Waals surface area contributed by atoms with Gasteiger partial charge in [-0.1, -0.05) is 30.3 Å². The Kier molecular flexibility index (Phi) is 10.1. The normalized spacial score (nSPS) is 19.4. The fraction of sp³-hybridized carbons (Fsp3) is 0.519. The summed E-state index contributed by atoms with van der Waals surface area (Å²) in [5, 5.41) is 3.56. The number of nitrogens with zero attached hydrogens (tertiary/aromatic N) is 1. The average molecular weight is 489 g/mol. The van der Waals surface area contributed by atoms with E-state index in [1.54, 1.807) is 14.2 Å². The van der Waals surface area contributed by atoms with E-state index in [4.69, 9.17) is 14.2 Å². The highest BCUT2D eigenvalue weighted by Crippen LogP contribution is 2.34. The molecule has 7 heteroatoms. The van der Waals surface area contributed by atoms with E-state index in [2.05, 4.69) is 40.5 Å². The van der Waals surface area contributed by atoms with Crippen molar-refractivity contribution in [2.75, 3.05) is 47.1 Å². The van der Waals surface area contributed by atoms with Gasteiger partial charge in [0.05, 0.1) is 13.7 Å². The molecular weight excluding hydrogens is 452 g/mol. The number of amides is 1. The average Bonchev–Trinajstić information content (AvgIpc) is 3.60. The van der Waals surface area contributed by atoms with Crippen molar-refractivity contribution in [3.8, 4) is 11.5 Å². The van der Waals surface area contributed by atoms with Gasteiger partial charge in [0.25, 0.3) is 5.91 Å². The largest absolute Gasteiger partial charge is 0.493 e. The summed E-state index contributed by atoms with van der Waals surface area (Å²) in [6.07, 6.45) is 4.01. The third-order valence-corrected chi connectivity index (χ3v) is 6.66. The Labute approximate surface area is 209 Å². The molecule has 0 aromatic heterocycles. The van der Waals surface area contributed by atoms with E-state index >= 15 is 0 Å². The molecule has 1 saturated carbocycles. The minimum atomic E-state index is 0. The van der Waals surface area contributed by atoms with Crippen molar-refractivity contribution in [2.24, 2.45) is 11.8 Å². The molecule has 2 atom stereocenters. The van der Waals surface area contributed by atoms with Crippen LogP contribution in [-0.4, -0.2) is 63.9 Å². The number of carbonyl (C=O) groups excluding carboxylic acids is 1. The van der Waals surface area contributed by atoms with Gasteiger partial charge in [0.2, 0.25) is 0 Å². The van der Waals surface area contributed by atoms with Crippen LogP contribution in [-0.2, 0) is 11.2 Å². The van der Waals surface area contributed by atoms with E-state index in [0.29, 0.717) is 48.2 Å². The third kappa shape index (κ3) is 6.87. The Morgan fingerprint density at radius 3 is 2.47 bits per heavy atom. The van der Waals surface area contributed by atoms with Gasteiger partial charge in [0.15, 0.2) is 11.5 Å². The third-order valence-electron chi connectivity index (χ3n) is 6.66. The van der Waals surface area contributed by atoms with Crippen LogP contribution in [0.1, 0.15) is 35.2 Å². The van der Waals surface area contributed by atoms with Crippen molar-refractivity contribution < 1.29 is 19.0 Å². The summed E-state index contributed by atoms with van der Waals surface area (Å²) in [5.41, 5.74) is 2.03. The second kappa shape index (κ2) is 13.0. The maximum Gasteiger partial charge on any atom is 0.254 e. The van der Waals surface area contributed by atoms with Crippen molar-refractivity contribution in [3.05, 3.63) is 59.7 Å². The molecule has 1 aliphatic heterocycles. The van der Waals surface area contributed by atoms with Crippen LogP contribution in [0.5, 0.6) is 11.5 Å². The number of hydrogen-bond acceptors (Lipinski definition) is 5. The number of carbonyl (C=O) groups is 1. The minimum absolute atomic E-state index is 0. The van der Waals surface area contributed by atoms with Crippen molar-refractivity contribution in [3.63, 3.8) is 0 Å². The molecule has 0 spiro atoms. The highest BCUT2D eigenvalue weighted by molar-refractivity contribution is 5.95. The first kappa shape index (κ1) is 26.3. The van der Waals surface area contributed by atoms with Gasteiger partial charge in [-0.15, -0.1) is 12.4 Å². The lowest BCUT2D eigenvalue weighted by atomic mass is 9.89. The summed E-state index contributed by atoms with van der Waals surface area (Å²) in [5.74, 6) is 2.34. The number of rotatable bonds is 12. The second-order valence-electron chi connectivity index (χ2n) is 9.12. The fourth-order valence-electron chi connectivity index (χ4n) is 4.67. The molecule has 1 aliphatic carbocycles. The van der Waals surface area contributed by atoms with Crippen LogP contribution in [0.15, 0.2) is 48.5 Å². The van der Waals surface area contributed by atoms with Crippen LogP contribution in [0.2, 0.25) is 0 Å². The van der Waals surface area contributed by atoms with Gasteiger partial charge in [-0.05, 0) is 68.0 Å². The Balaban J connectivity index is 0.00000324. The summed E-state index contributed by atoms with van der Waals surface area (Å²) in [6.45, 7) is 3.92. The Morgan fingerprint density at radius 2 is 1.76 bits per heavy atom. The van der Waals surface area contributed by atoms with Gasteiger partial charge in [-0.3, -0.25) is 4.79 Å². The van der Waals surface area contributed by atoms with E-state index in [0.717, 1.165) is 45.3 Å². The highest BCUT2D eigenvalue weighted by Gasteiger charge is 2.37. The van der Waals surface area contributed by atoms with E-state index in [1.165, 1.54) is 5.56 Å². The maximum absolute atomic E-state index is 13.6. The predicted molar refractivity (Wildman–Crippen MR) is 136 cm³/mol. The zero-order chi connectivity index (χ0) is 23.0. The molecule has 6 nitrogen and oxygen atoms in total. The van der Waals surface area contributed by atoms with Gasteiger partial charge in [-0.25, -0.2) is 0 Å². The van der Waals surface area contributed by atoms with E-state index < -0.39 is 0 Å². The van der Waals surface area contributed by atoms with Gasteiger partial charge >= 0.3 is 0 Å². The van der Waals surface area contributed by atoms with Gasteiger partial charge in [0, 0.05) is 38.3 Å². The molecule has 2 fully saturated rings. The van der Waals surface area contributed by atoms with E-state index in [1.807, 2.05) is 18.2 Å². The van der Waals surface area contributed by atoms with E-state index in [9.17, 15) is 4.79 Å². The van der Waals surface area contributed by atoms with Crippen molar-refractivity contribution in [1.82, 2.24) is 10.2 Å². The summed E-state index contributed by atoms with van der Waals surface area (Å²) in [6, 6.07) is 16.5. The lowest BCUT2D eigenvalue weighted by Crippen LogP contribution is -2.39. The molecule has 186 valence electrons. The number of methoxy groups -OCH3 is 2. The van der Waals surface area contributed by atoms with Crippen molar-refractivity contribution in [1.29, 1.82) is 0 Å². The van der Waals surface area contributed by atoms with Crippen LogP contribution in [0.3, 0.4) is 0 Å². The fourth-order valence-corrected chi connectivity index (χ4v) is 4.67. The number of halogens is 1. The lowest BCUT2D eigenvalue weighted by molar-refractivity contribution is 0.0704. The van der Waals surface area contributed by atoms with Crippen molar-refractivity contribution in [2.45, 2.75) is 31.7 Å². The molecule has 34 heavy (non-hydrogen) atoms. The Morgan fingerprint density at radius 1 is 1.00 bits per heavy atom. The summed E-state index contributed by atoms with van der Waals surface area (Å²) >= 11 is 0. The molecule has 1 N–H and O–H groups in total. The molecule has 1 heterocycles. The molecule has 1 amide bonds. The first-order valence-electron chi connectivity index (χ1n) is 12.0. The number of ether oxygens (including phenoxy) is 3. The Bertz CT molecular complexity index is 907. The van der Waals surface area contributed by atoms with Gasteiger partial charge < -0.3 is 24.4 Å². The monoisotopic (exact) mass is 488 g/mol. The Hall–Kier alpha value is -2.28. The molecule has 2 aliphatic rings. The zero-order valence-electron chi connectivity index (χ0n) is 20.2. The summed E-state index contributed by atoms with van der Waals surface area (Å²) in [4.78, 5) is 15.7. The second-order valence-corrected chi connectivity index (χ2v) is 9.12. The molecule has 0 bridgehead atoms. The van der Waals surface area contributed by atoms with Crippen LogP contribution < -0.4 is 14.8 Å². The molecule has 4 rings (SSSR count). The van der Waals surface area contributed by atoms with E-state index in [-0.39, 0.29) is 18.3 Å². The molecule has 0 unspecified atom stereocenters. The molecular formula is C27H37ClN2O4. The smallest absolute Gasteiger partial charge is 0.254 e. The summed E-state index contributed by atoms with van der Waals surface area (Å²) < 4.78 is 16.4. The lowest BCUT2D eigenvalue weighted by Gasteiger charge is -2.29. The first-order valence-corrected chi connectivity index (χ1v) is 12.0. The molecule has 2 aromatic carbocycles. The topological polar surface area (TPSA) is 60.0 Å². The van der Waals surface area contributed by atoms with Gasteiger partial charge in [0.1, 0.15) is 0 Å². The SMILES string of the molecule is COCCCOc1cc(C(=O)N(C[C@H]2CNC[C@@H]2Cc2ccccc2)C2CC2)ccc1OC.Cl. The van der Waals surface area contributed by atoms with Gasteiger partial charge in [-0.2, -0.15) is 0 Å². The number of nitrogens with one attached hydrogen (secondary N) is 1. The van der Waals surface area contributed by atoms with Crippen LogP contribution in [0, 0.1) is 11.8 Å². The zero-order valence-corrected chi connectivity index (χ0v) is 21.0. The van der Waals surface area contributed by atoms with Crippen LogP contribution in [0.4, 0.5) is 0 Å². The summed E-state index contributed by atoms with van der Waals surface area (Å²) in [7, 11) is 3.30. The number of hydrogen-bond donors (Lipinski definition) is 1.